The lowest BCUT2D eigenvalue weighted by Gasteiger charge is -1.93. The third-order valence-electron chi connectivity index (χ3n) is 1.53. The summed E-state index contributed by atoms with van der Waals surface area (Å²) in [4.78, 5) is 0. The highest BCUT2D eigenvalue weighted by atomic mass is 14.6. The smallest absolute Gasteiger partial charge is 0.00755 e. The Kier molecular flexibility index (Phi) is 5.26. The van der Waals surface area contributed by atoms with E-state index < -0.39 is 0 Å². The van der Waals surface area contributed by atoms with Gasteiger partial charge in [0.1, 0.15) is 0 Å². The normalized spacial score (nSPS) is 12.4. The molecule has 0 aromatic carbocycles. The molecular weight excluding hydrogens is 134 g/mol. The summed E-state index contributed by atoms with van der Waals surface area (Å²) in [6, 6.07) is 0. The van der Waals surface area contributed by atoms with Crippen molar-refractivity contribution in [1.82, 2.24) is 0 Å². The first kappa shape index (κ1) is 10.0. The van der Waals surface area contributed by atoms with Crippen molar-refractivity contribution in [3.05, 3.63) is 36.1 Å². The van der Waals surface area contributed by atoms with Crippen LogP contribution in [0.4, 0.5) is 0 Å². The Morgan fingerprint density at radius 3 is 2.64 bits per heavy atom. The van der Waals surface area contributed by atoms with Crippen LogP contribution >= 0.6 is 0 Å². The van der Waals surface area contributed by atoms with E-state index in [0.717, 1.165) is 24.1 Å². The Bertz CT molecular complexity index is 175. The molecule has 2 N–H and O–H groups in total. The van der Waals surface area contributed by atoms with E-state index in [1.165, 1.54) is 0 Å². The van der Waals surface area contributed by atoms with Gasteiger partial charge in [-0.3, -0.25) is 0 Å². The fourth-order valence-corrected chi connectivity index (χ4v) is 0.597. The number of hydrogen-bond donors (Lipinski definition) is 1. The predicted octanol–water partition coefficient (Wildman–Crippen LogP) is 2.76. The topological polar surface area (TPSA) is 26.0 Å². The minimum absolute atomic E-state index is 0.829. The average molecular weight is 151 g/mol. The molecule has 0 aromatic heterocycles. The van der Waals surface area contributed by atoms with Gasteiger partial charge in [0.05, 0.1) is 0 Å². The Labute approximate surface area is 69.3 Å². The zero-order valence-corrected chi connectivity index (χ0v) is 7.43. The van der Waals surface area contributed by atoms with Crippen LogP contribution in [0.3, 0.4) is 0 Å². The molecule has 0 saturated carbocycles. The number of hydrogen-bond acceptors (Lipinski definition) is 1. The van der Waals surface area contributed by atoms with Crippen molar-refractivity contribution in [2.24, 2.45) is 5.73 Å². The van der Waals surface area contributed by atoms with Gasteiger partial charge in [0, 0.05) is 12.1 Å². The first-order chi connectivity index (χ1) is 5.20. The molecule has 0 fully saturated rings. The average Bonchev–Trinajstić information content (AvgIpc) is 2.04. The van der Waals surface area contributed by atoms with Crippen molar-refractivity contribution in [2.75, 3.05) is 0 Å². The second kappa shape index (κ2) is 5.78. The summed E-state index contributed by atoms with van der Waals surface area (Å²) >= 11 is 0. The fraction of sp³-hybridized carbons (Fsp3) is 0.400. The van der Waals surface area contributed by atoms with Crippen LogP contribution in [0.1, 0.15) is 26.7 Å². The largest absolute Gasteiger partial charge is 0.402 e. The molecule has 0 aromatic rings. The highest BCUT2D eigenvalue weighted by Gasteiger charge is 1.83. The van der Waals surface area contributed by atoms with Crippen LogP contribution in [-0.4, -0.2) is 0 Å². The molecule has 0 heterocycles. The first-order valence-electron chi connectivity index (χ1n) is 3.95. The van der Waals surface area contributed by atoms with Gasteiger partial charge in [0.15, 0.2) is 0 Å². The van der Waals surface area contributed by atoms with Crippen LogP contribution in [0.15, 0.2) is 36.1 Å². The Balaban J connectivity index is 3.69. The quantitative estimate of drug-likeness (QED) is 0.614. The van der Waals surface area contributed by atoms with Gasteiger partial charge in [-0.05, 0) is 13.3 Å². The van der Waals surface area contributed by atoms with Crippen LogP contribution in [0.5, 0.6) is 0 Å². The first-order valence-corrected chi connectivity index (χ1v) is 3.95. The van der Waals surface area contributed by atoms with Crippen LogP contribution in [-0.2, 0) is 0 Å². The molecule has 62 valence electrons. The molecule has 0 saturated heterocycles. The standard InChI is InChI=1S/C10H17N/c1-4-9(3)7-6-8-10(11)5-2/h5-7H,3-4,8,11H2,1-2H3/b7-6?,10-5+. The molecule has 1 heteroatoms. The zero-order valence-electron chi connectivity index (χ0n) is 7.43. The lowest BCUT2D eigenvalue weighted by Crippen LogP contribution is -1.93. The number of rotatable bonds is 4. The molecule has 0 radical (unpaired) electrons. The lowest BCUT2D eigenvalue weighted by atomic mass is 10.2. The second-order valence-corrected chi connectivity index (χ2v) is 2.48. The van der Waals surface area contributed by atoms with Gasteiger partial charge >= 0.3 is 0 Å². The molecule has 0 bridgehead atoms. The third-order valence-corrected chi connectivity index (χ3v) is 1.53. The zero-order chi connectivity index (χ0) is 8.69. The van der Waals surface area contributed by atoms with Crippen LogP contribution in [0, 0.1) is 0 Å². The van der Waals surface area contributed by atoms with Gasteiger partial charge in [-0.2, -0.15) is 0 Å². The van der Waals surface area contributed by atoms with E-state index in [0.29, 0.717) is 0 Å². The van der Waals surface area contributed by atoms with Crippen molar-refractivity contribution in [2.45, 2.75) is 26.7 Å². The van der Waals surface area contributed by atoms with Crippen LogP contribution in [0.25, 0.3) is 0 Å². The molecule has 0 aliphatic carbocycles. The van der Waals surface area contributed by atoms with E-state index >= 15 is 0 Å². The molecule has 0 aliphatic heterocycles. The molecule has 11 heavy (non-hydrogen) atoms. The van der Waals surface area contributed by atoms with Crippen molar-refractivity contribution >= 4 is 0 Å². The monoisotopic (exact) mass is 151 g/mol. The fourth-order valence-electron chi connectivity index (χ4n) is 0.597. The van der Waals surface area contributed by atoms with Crippen molar-refractivity contribution in [1.29, 1.82) is 0 Å². The Morgan fingerprint density at radius 2 is 2.18 bits per heavy atom. The summed E-state index contributed by atoms with van der Waals surface area (Å²) in [5.41, 5.74) is 7.64. The van der Waals surface area contributed by atoms with Gasteiger partial charge in [0.25, 0.3) is 0 Å². The Hall–Kier alpha value is -0.980. The maximum absolute atomic E-state index is 5.58. The van der Waals surface area contributed by atoms with E-state index in [1.54, 1.807) is 0 Å². The summed E-state index contributed by atoms with van der Waals surface area (Å²) < 4.78 is 0. The predicted molar refractivity (Wildman–Crippen MR) is 51.1 cm³/mol. The highest BCUT2D eigenvalue weighted by Crippen LogP contribution is 2.01. The summed E-state index contributed by atoms with van der Waals surface area (Å²) in [5, 5.41) is 0. The van der Waals surface area contributed by atoms with Crippen LogP contribution < -0.4 is 5.73 Å². The van der Waals surface area contributed by atoms with Crippen molar-refractivity contribution in [3.8, 4) is 0 Å². The number of allylic oxidation sites excluding steroid dienone is 4. The molecule has 0 rings (SSSR count). The Morgan fingerprint density at radius 1 is 1.55 bits per heavy atom. The SMILES string of the molecule is C=C(C=CC/C(N)=C\C)CC. The van der Waals surface area contributed by atoms with E-state index in [4.69, 9.17) is 5.73 Å². The molecule has 1 nitrogen and oxygen atoms in total. The minimum atomic E-state index is 0.829. The number of nitrogens with two attached hydrogens (primary N) is 1. The van der Waals surface area contributed by atoms with Crippen molar-refractivity contribution in [3.63, 3.8) is 0 Å². The van der Waals surface area contributed by atoms with Crippen molar-refractivity contribution < 1.29 is 0 Å². The van der Waals surface area contributed by atoms with E-state index in [-0.39, 0.29) is 0 Å². The molecule has 0 amide bonds. The minimum Gasteiger partial charge on any atom is -0.402 e. The van der Waals surface area contributed by atoms with Gasteiger partial charge < -0.3 is 5.73 Å². The lowest BCUT2D eigenvalue weighted by molar-refractivity contribution is 1.12. The van der Waals surface area contributed by atoms with Gasteiger partial charge in [-0.25, -0.2) is 0 Å². The summed E-state index contributed by atoms with van der Waals surface area (Å²) in [6.07, 6.45) is 7.82. The van der Waals surface area contributed by atoms with Crippen LogP contribution in [0.2, 0.25) is 0 Å². The molecule has 0 spiro atoms. The van der Waals surface area contributed by atoms with E-state index in [9.17, 15) is 0 Å². The van der Waals surface area contributed by atoms with E-state index in [2.05, 4.69) is 13.5 Å². The molecule has 0 aliphatic rings. The van der Waals surface area contributed by atoms with E-state index in [1.807, 2.05) is 25.2 Å². The van der Waals surface area contributed by atoms with Gasteiger partial charge in [0.2, 0.25) is 0 Å². The van der Waals surface area contributed by atoms with Gasteiger partial charge in [-0.1, -0.05) is 37.3 Å². The summed E-state index contributed by atoms with van der Waals surface area (Å²) in [5.74, 6) is 0. The maximum Gasteiger partial charge on any atom is 0.00755 e. The van der Waals surface area contributed by atoms with Gasteiger partial charge in [-0.15, -0.1) is 0 Å². The summed E-state index contributed by atoms with van der Waals surface area (Å²) in [6.45, 7) is 7.88. The third kappa shape index (κ3) is 5.46. The molecule has 0 atom stereocenters. The second-order valence-electron chi connectivity index (χ2n) is 2.48. The highest BCUT2D eigenvalue weighted by molar-refractivity contribution is 5.15. The molecular formula is C10H17N. The summed E-state index contributed by atoms with van der Waals surface area (Å²) in [7, 11) is 0. The molecule has 0 unspecified atom stereocenters. The maximum atomic E-state index is 5.58.